The van der Waals surface area contributed by atoms with E-state index in [2.05, 4.69) is 0 Å². The van der Waals surface area contributed by atoms with Crippen molar-refractivity contribution < 1.29 is 84.7 Å². The van der Waals surface area contributed by atoms with Crippen LogP contribution in [0, 0.1) is 73.7 Å². The van der Waals surface area contributed by atoms with Gasteiger partial charge in [-0.1, -0.05) is 0 Å². The van der Waals surface area contributed by atoms with Gasteiger partial charge in [-0.2, -0.15) is 0 Å². The average molecular weight is 414 g/mol. The Bertz CT molecular complexity index is 7.61. The van der Waals surface area contributed by atoms with E-state index >= 15 is 0 Å². The predicted molar refractivity (Wildman–Crippen MR) is 8.74 cm³/mol. The molecule has 0 aliphatic heterocycles. The summed E-state index contributed by atoms with van der Waals surface area (Å²) >= 11 is 0. The maximum absolute atomic E-state index is 0. The fourth-order valence-electron chi connectivity index (χ4n) is 0. The molecule has 0 unspecified atom stereocenters. The van der Waals surface area contributed by atoms with Crippen LogP contribution in [0.2, 0.25) is 0 Å². The van der Waals surface area contributed by atoms with Gasteiger partial charge in [0.25, 0.3) is 0 Å². The summed E-state index contributed by atoms with van der Waals surface area (Å²) in [5, 5.41) is 0. The Balaban J connectivity index is 0. The van der Waals surface area contributed by atoms with Crippen LogP contribution in [0.5, 0.6) is 0 Å². The number of hydrogen-bond donors (Lipinski definition) is 0. The van der Waals surface area contributed by atoms with Crippen molar-refractivity contribution in [3.63, 3.8) is 0 Å². The van der Waals surface area contributed by atoms with Gasteiger partial charge in [0.1, 0.15) is 0 Å². The van der Waals surface area contributed by atoms with Gasteiger partial charge in [-0.3, -0.25) is 0 Å². The molecule has 48 valence electrons. The zero-order valence-corrected chi connectivity index (χ0v) is 5.87. The van der Waals surface area contributed by atoms with E-state index in [0.29, 0.717) is 0 Å². The molecular weight excluding hydrogens is 414 g/mol. The molecule has 0 aliphatic carbocycles. The molecule has 0 aromatic carbocycles. The molecule has 5 heavy (non-hydrogen) atoms. The van der Waals surface area contributed by atoms with Crippen molar-refractivity contribution >= 4 is 13.5 Å². The monoisotopic (exact) mass is 414 g/mol. The van der Waals surface area contributed by atoms with Crippen LogP contribution >= 0.6 is 0 Å². The third-order valence-corrected chi connectivity index (χ3v) is 0. The predicted octanol–water partition coefficient (Wildman–Crippen LogP) is -0.240. The Kier molecular flexibility index (Phi) is 277. The molecule has 0 bridgehead atoms. The van der Waals surface area contributed by atoms with Crippen molar-refractivity contribution in [1.82, 2.24) is 0 Å². The van der Waals surface area contributed by atoms with E-state index < -0.39 is 0 Å². The number of rotatable bonds is 0. The second kappa shape index (κ2) is 29.6. The van der Waals surface area contributed by atoms with Gasteiger partial charge < -0.3 is 24.4 Å². The fraction of sp³-hybridized carbons (Fsp3) is 0. The number of hydrogen-bond acceptors (Lipinski definition) is 0. The van der Waals surface area contributed by atoms with Gasteiger partial charge in [-0.15, -0.1) is 0 Å². The minimum atomic E-state index is 0. The largest absolute Gasteiger partial charge is 3.00 e. The SMILES string of the molecule is [Lu+3].[Lu+3].[O-2].[O-2].[S-2]. The van der Waals surface area contributed by atoms with Gasteiger partial charge in [-0.25, -0.2) is 0 Å². The average Bonchev–Trinajstić information content (AvgIpc) is 0. The van der Waals surface area contributed by atoms with Crippen LogP contribution in [0.15, 0.2) is 0 Å². The molecule has 0 heterocycles. The summed E-state index contributed by atoms with van der Waals surface area (Å²) < 4.78 is 0. The van der Waals surface area contributed by atoms with Crippen LogP contribution in [0.25, 0.3) is 0 Å². The van der Waals surface area contributed by atoms with Crippen molar-refractivity contribution in [1.29, 1.82) is 0 Å². The first-order chi connectivity index (χ1) is 0. The van der Waals surface area contributed by atoms with Gasteiger partial charge in [0.05, 0.1) is 0 Å². The normalized spacial score (nSPS) is 0. The molecule has 0 atom stereocenters. The molecule has 0 aromatic rings. The fourth-order valence-corrected chi connectivity index (χ4v) is 0. The summed E-state index contributed by atoms with van der Waals surface area (Å²) in [4.78, 5) is 0. The summed E-state index contributed by atoms with van der Waals surface area (Å²) in [6.45, 7) is 0. The van der Waals surface area contributed by atoms with Crippen LogP contribution in [0.3, 0.4) is 0 Å². The minimum Gasteiger partial charge on any atom is -2.00 e. The molecule has 0 radical (unpaired) electrons. The van der Waals surface area contributed by atoms with E-state index in [-0.39, 0.29) is 98.2 Å². The molecule has 0 saturated heterocycles. The summed E-state index contributed by atoms with van der Waals surface area (Å²) in [5.41, 5.74) is 0. The maximum Gasteiger partial charge on any atom is 3.00 e. The van der Waals surface area contributed by atoms with E-state index in [1.807, 2.05) is 0 Å². The van der Waals surface area contributed by atoms with Crippen LogP contribution < -0.4 is 0 Å². The first kappa shape index (κ1) is 46.9. The van der Waals surface area contributed by atoms with Crippen molar-refractivity contribution in [3.05, 3.63) is 0 Å². The second-order valence-electron chi connectivity index (χ2n) is 0. The van der Waals surface area contributed by atoms with E-state index in [0.717, 1.165) is 0 Å². The summed E-state index contributed by atoms with van der Waals surface area (Å²) in [6.07, 6.45) is 0. The molecule has 2 nitrogen and oxygen atoms in total. The molecular formula is Lu2O2S. The topological polar surface area (TPSA) is 57.0 Å². The van der Waals surface area contributed by atoms with Crippen molar-refractivity contribution in [2.24, 2.45) is 0 Å². The third kappa shape index (κ3) is 20.2. The minimum absolute atomic E-state index is 0. The summed E-state index contributed by atoms with van der Waals surface area (Å²) in [5.74, 6) is 0. The van der Waals surface area contributed by atoms with Crippen molar-refractivity contribution in [3.8, 4) is 0 Å². The molecule has 0 amide bonds. The van der Waals surface area contributed by atoms with Gasteiger partial charge in [0.15, 0.2) is 0 Å². The van der Waals surface area contributed by atoms with Crippen molar-refractivity contribution in [2.75, 3.05) is 0 Å². The standard InChI is InChI=1S/2Lu.2O.S/q2*+3;3*-2. The van der Waals surface area contributed by atoms with Gasteiger partial charge >= 0.3 is 73.7 Å². The van der Waals surface area contributed by atoms with E-state index in [1.165, 1.54) is 0 Å². The van der Waals surface area contributed by atoms with Crippen LogP contribution in [0.4, 0.5) is 0 Å². The maximum atomic E-state index is 0. The van der Waals surface area contributed by atoms with Crippen molar-refractivity contribution in [2.45, 2.75) is 0 Å². The van der Waals surface area contributed by atoms with Gasteiger partial charge in [-0.05, 0) is 0 Å². The molecule has 0 fully saturated rings. The summed E-state index contributed by atoms with van der Waals surface area (Å²) in [6, 6.07) is 0. The Morgan fingerprint density at radius 3 is 0.600 bits per heavy atom. The summed E-state index contributed by atoms with van der Waals surface area (Å²) in [7, 11) is 0. The van der Waals surface area contributed by atoms with E-state index in [9.17, 15) is 0 Å². The molecule has 0 aromatic heterocycles. The quantitative estimate of drug-likeness (QED) is 0.526. The zero-order valence-electron chi connectivity index (χ0n) is 1.74. The van der Waals surface area contributed by atoms with E-state index in [1.54, 1.807) is 0 Å². The Hall–Kier alpha value is 2.74. The first-order valence-electron chi connectivity index (χ1n) is 0. The molecule has 0 rings (SSSR count). The second-order valence-corrected chi connectivity index (χ2v) is 0. The Labute approximate surface area is 96.1 Å². The van der Waals surface area contributed by atoms with Crippen LogP contribution in [-0.2, 0) is 24.4 Å². The molecule has 0 aliphatic rings. The van der Waals surface area contributed by atoms with Gasteiger partial charge in [0, 0.05) is 0 Å². The first-order valence-corrected chi connectivity index (χ1v) is 0. The molecule has 5 heteroatoms. The third-order valence-electron chi connectivity index (χ3n) is 0. The Morgan fingerprint density at radius 2 is 0.600 bits per heavy atom. The van der Waals surface area contributed by atoms with E-state index in [4.69, 9.17) is 0 Å². The van der Waals surface area contributed by atoms with Crippen LogP contribution in [0.1, 0.15) is 0 Å². The Morgan fingerprint density at radius 1 is 0.600 bits per heavy atom. The molecule has 0 N–H and O–H groups in total. The molecule has 0 saturated carbocycles. The van der Waals surface area contributed by atoms with Gasteiger partial charge in [0.2, 0.25) is 0 Å². The van der Waals surface area contributed by atoms with Crippen LogP contribution in [-0.4, -0.2) is 0 Å². The smallest absolute Gasteiger partial charge is 2.00 e. The zero-order chi connectivity index (χ0) is 0. The molecule has 0 spiro atoms.